The van der Waals surface area contributed by atoms with Gasteiger partial charge < -0.3 is 9.88 Å². The molecule has 1 heterocycles. The van der Waals surface area contributed by atoms with Gasteiger partial charge in [0.15, 0.2) is 0 Å². The van der Waals surface area contributed by atoms with Gasteiger partial charge in [0.05, 0.1) is 16.6 Å². The Kier molecular flexibility index (Phi) is 5.45. The van der Waals surface area contributed by atoms with Crippen LogP contribution < -0.4 is 10.9 Å². The standard InChI is InChI=1S/C20H16Cl2N2O2/c1-13-4-2-5-14(10-13)12-24-9-3-6-16(20(24)26)19(25)23-15-7-8-17(21)18(22)11-15/h2-11H,12H2,1H3,(H,23,25). The number of rotatable bonds is 4. The molecular formula is C20H16Cl2N2O2. The fourth-order valence-corrected chi connectivity index (χ4v) is 2.91. The van der Waals surface area contributed by atoms with Crippen molar-refractivity contribution in [3.63, 3.8) is 0 Å². The topological polar surface area (TPSA) is 51.1 Å². The lowest BCUT2D eigenvalue weighted by atomic mass is 10.1. The molecule has 26 heavy (non-hydrogen) atoms. The van der Waals surface area contributed by atoms with Crippen molar-refractivity contribution in [2.24, 2.45) is 0 Å². The summed E-state index contributed by atoms with van der Waals surface area (Å²) in [4.78, 5) is 25.2. The third kappa shape index (κ3) is 4.15. The molecule has 0 bridgehead atoms. The Labute approximate surface area is 161 Å². The van der Waals surface area contributed by atoms with Gasteiger partial charge >= 0.3 is 0 Å². The first kappa shape index (κ1) is 18.2. The minimum absolute atomic E-state index is 0.0613. The predicted molar refractivity (Wildman–Crippen MR) is 105 cm³/mol. The summed E-state index contributed by atoms with van der Waals surface area (Å²) in [5.74, 6) is -0.494. The molecule has 1 amide bonds. The van der Waals surface area contributed by atoms with Gasteiger partial charge in [0.25, 0.3) is 11.5 Å². The van der Waals surface area contributed by atoms with Crippen LogP contribution in [0.15, 0.2) is 65.6 Å². The van der Waals surface area contributed by atoms with Crippen LogP contribution in [-0.4, -0.2) is 10.5 Å². The van der Waals surface area contributed by atoms with Crippen molar-refractivity contribution in [3.05, 3.63) is 97.9 Å². The number of hydrogen-bond acceptors (Lipinski definition) is 2. The van der Waals surface area contributed by atoms with Crippen molar-refractivity contribution in [2.45, 2.75) is 13.5 Å². The summed E-state index contributed by atoms with van der Waals surface area (Å²) < 4.78 is 1.51. The molecule has 0 atom stereocenters. The molecule has 2 aromatic carbocycles. The second-order valence-electron chi connectivity index (χ2n) is 5.93. The lowest BCUT2D eigenvalue weighted by Gasteiger charge is -2.10. The number of aromatic nitrogens is 1. The molecule has 0 aliphatic heterocycles. The van der Waals surface area contributed by atoms with Gasteiger partial charge in [-0.15, -0.1) is 0 Å². The number of pyridine rings is 1. The highest BCUT2D eigenvalue weighted by atomic mass is 35.5. The van der Waals surface area contributed by atoms with Crippen molar-refractivity contribution in [1.82, 2.24) is 4.57 Å². The number of nitrogens with one attached hydrogen (secondary N) is 1. The van der Waals surface area contributed by atoms with Crippen molar-refractivity contribution in [3.8, 4) is 0 Å². The lowest BCUT2D eigenvalue weighted by Crippen LogP contribution is -2.29. The first-order valence-electron chi connectivity index (χ1n) is 7.95. The lowest BCUT2D eigenvalue weighted by molar-refractivity contribution is 0.102. The van der Waals surface area contributed by atoms with E-state index < -0.39 is 5.91 Å². The monoisotopic (exact) mass is 386 g/mol. The van der Waals surface area contributed by atoms with E-state index in [1.807, 2.05) is 31.2 Å². The number of benzene rings is 2. The third-order valence-corrected chi connectivity index (χ3v) is 4.62. The van der Waals surface area contributed by atoms with Crippen LogP contribution >= 0.6 is 23.2 Å². The van der Waals surface area contributed by atoms with E-state index in [0.717, 1.165) is 11.1 Å². The second kappa shape index (κ2) is 7.77. The fraction of sp³-hybridized carbons (Fsp3) is 0.100. The van der Waals surface area contributed by atoms with Crippen molar-refractivity contribution < 1.29 is 4.79 Å². The fourth-order valence-electron chi connectivity index (χ4n) is 2.61. The number of nitrogens with zero attached hydrogens (tertiary/aromatic N) is 1. The number of halogens is 2. The number of carbonyl (C=O) groups excluding carboxylic acids is 1. The van der Waals surface area contributed by atoms with Gasteiger partial charge in [0, 0.05) is 11.9 Å². The molecule has 1 N–H and O–H groups in total. The minimum atomic E-state index is -0.494. The molecule has 0 radical (unpaired) electrons. The molecule has 0 aliphatic carbocycles. The third-order valence-electron chi connectivity index (χ3n) is 3.88. The molecule has 0 aliphatic rings. The van der Waals surface area contributed by atoms with Crippen LogP contribution in [0.25, 0.3) is 0 Å². The summed E-state index contributed by atoms with van der Waals surface area (Å²) in [5.41, 5.74) is 2.29. The van der Waals surface area contributed by atoms with Crippen molar-refractivity contribution >= 4 is 34.8 Å². The predicted octanol–water partition coefficient (Wildman–Crippen LogP) is 4.76. The van der Waals surface area contributed by atoms with Gasteiger partial charge in [-0.3, -0.25) is 9.59 Å². The molecule has 4 nitrogen and oxygen atoms in total. The maximum Gasteiger partial charge on any atom is 0.263 e. The zero-order chi connectivity index (χ0) is 18.7. The van der Waals surface area contributed by atoms with E-state index in [2.05, 4.69) is 5.32 Å². The summed E-state index contributed by atoms with van der Waals surface area (Å²) in [6.45, 7) is 2.39. The normalized spacial score (nSPS) is 10.6. The van der Waals surface area contributed by atoms with E-state index >= 15 is 0 Å². The van der Waals surface area contributed by atoms with E-state index in [-0.39, 0.29) is 11.1 Å². The molecule has 132 valence electrons. The summed E-state index contributed by atoms with van der Waals surface area (Å²) in [5, 5.41) is 3.39. The Morgan fingerprint density at radius 1 is 1.04 bits per heavy atom. The average Bonchev–Trinajstić information content (AvgIpc) is 2.60. The van der Waals surface area contributed by atoms with Gasteiger partial charge in [-0.1, -0.05) is 53.0 Å². The van der Waals surface area contributed by atoms with Crippen LogP contribution in [0.4, 0.5) is 5.69 Å². The van der Waals surface area contributed by atoms with Crippen LogP contribution in [0, 0.1) is 6.92 Å². The summed E-state index contributed by atoms with van der Waals surface area (Å²) in [6.07, 6.45) is 1.67. The maximum atomic E-state index is 12.7. The van der Waals surface area contributed by atoms with E-state index in [9.17, 15) is 9.59 Å². The van der Waals surface area contributed by atoms with E-state index in [4.69, 9.17) is 23.2 Å². The van der Waals surface area contributed by atoms with E-state index in [1.165, 1.54) is 16.7 Å². The zero-order valence-electron chi connectivity index (χ0n) is 14.0. The van der Waals surface area contributed by atoms with Crippen molar-refractivity contribution in [1.29, 1.82) is 0 Å². The van der Waals surface area contributed by atoms with E-state index in [1.54, 1.807) is 24.4 Å². The SMILES string of the molecule is Cc1cccc(Cn2cccc(C(=O)Nc3ccc(Cl)c(Cl)c3)c2=O)c1. The van der Waals surface area contributed by atoms with Crippen LogP contribution in [0.2, 0.25) is 10.0 Å². The van der Waals surface area contributed by atoms with Gasteiger partial charge in [0.2, 0.25) is 0 Å². The largest absolute Gasteiger partial charge is 0.322 e. The number of carbonyl (C=O) groups is 1. The van der Waals surface area contributed by atoms with Gasteiger partial charge in [-0.2, -0.15) is 0 Å². The smallest absolute Gasteiger partial charge is 0.263 e. The molecule has 0 fully saturated rings. The highest BCUT2D eigenvalue weighted by Crippen LogP contribution is 2.25. The van der Waals surface area contributed by atoms with Crippen LogP contribution in [0.1, 0.15) is 21.5 Å². The highest BCUT2D eigenvalue weighted by molar-refractivity contribution is 6.42. The van der Waals surface area contributed by atoms with Gasteiger partial charge in [-0.25, -0.2) is 0 Å². The van der Waals surface area contributed by atoms with Crippen LogP contribution in [0.5, 0.6) is 0 Å². The van der Waals surface area contributed by atoms with Gasteiger partial charge in [0.1, 0.15) is 5.56 Å². The number of anilines is 1. The molecule has 0 spiro atoms. The molecule has 0 unspecified atom stereocenters. The first-order valence-corrected chi connectivity index (χ1v) is 8.71. The molecule has 1 aromatic heterocycles. The quantitative estimate of drug-likeness (QED) is 0.702. The Balaban J connectivity index is 1.85. The summed E-state index contributed by atoms with van der Waals surface area (Å²) in [7, 11) is 0. The molecular weight excluding hydrogens is 371 g/mol. The Morgan fingerprint density at radius 3 is 2.58 bits per heavy atom. The first-order chi connectivity index (χ1) is 12.4. The zero-order valence-corrected chi connectivity index (χ0v) is 15.5. The Bertz CT molecular complexity index is 1030. The average molecular weight is 387 g/mol. The van der Waals surface area contributed by atoms with Crippen LogP contribution in [-0.2, 0) is 6.54 Å². The number of aryl methyl sites for hydroxylation is 1. The highest BCUT2D eigenvalue weighted by Gasteiger charge is 2.13. The molecule has 3 aromatic rings. The molecule has 0 saturated carbocycles. The Hall–Kier alpha value is -2.56. The summed E-state index contributed by atoms with van der Waals surface area (Å²) in [6, 6.07) is 15.8. The maximum absolute atomic E-state index is 12.7. The number of hydrogen-bond donors (Lipinski definition) is 1. The van der Waals surface area contributed by atoms with E-state index in [0.29, 0.717) is 22.3 Å². The number of amides is 1. The molecule has 0 saturated heterocycles. The molecule has 3 rings (SSSR count). The Morgan fingerprint density at radius 2 is 1.85 bits per heavy atom. The molecule has 6 heteroatoms. The second-order valence-corrected chi connectivity index (χ2v) is 6.74. The van der Waals surface area contributed by atoms with Crippen LogP contribution in [0.3, 0.4) is 0 Å². The minimum Gasteiger partial charge on any atom is -0.322 e. The van der Waals surface area contributed by atoms with Crippen molar-refractivity contribution in [2.75, 3.05) is 5.32 Å². The summed E-state index contributed by atoms with van der Waals surface area (Å²) >= 11 is 11.8. The van der Waals surface area contributed by atoms with Gasteiger partial charge in [-0.05, 0) is 42.8 Å².